The van der Waals surface area contributed by atoms with E-state index in [0.717, 1.165) is 50.9 Å². The zero-order valence-electron chi connectivity index (χ0n) is 14.1. The second-order valence-corrected chi connectivity index (χ2v) is 6.24. The van der Waals surface area contributed by atoms with Crippen molar-refractivity contribution in [3.05, 3.63) is 29.8 Å². The van der Waals surface area contributed by atoms with Crippen molar-refractivity contribution in [3.63, 3.8) is 0 Å². The Bertz CT molecular complexity index is 468. The van der Waals surface area contributed by atoms with E-state index in [1.807, 2.05) is 0 Å². The van der Waals surface area contributed by atoms with Gasteiger partial charge in [-0.1, -0.05) is 25.5 Å². The molecule has 0 unspecified atom stereocenters. The summed E-state index contributed by atoms with van der Waals surface area (Å²) in [5.41, 5.74) is 2.32. The minimum absolute atomic E-state index is 0.103. The van der Waals surface area contributed by atoms with Crippen LogP contribution >= 0.6 is 0 Å². The van der Waals surface area contributed by atoms with E-state index in [9.17, 15) is 9.90 Å². The van der Waals surface area contributed by atoms with Crippen molar-refractivity contribution < 1.29 is 9.90 Å². The fourth-order valence-corrected chi connectivity index (χ4v) is 2.82. The molecule has 5 nitrogen and oxygen atoms in total. The van der Waals surface area contributed by atoms with E-state index in [1.54, 1.807) is 0 Å². The summed E-state index contributed by atoms with van der Waals surface area (Å²) in [5, 5.41) is 14.9. The highest BCUT2D eigenvalue weighted by Gasteiger charge is 2.18. The summed E-state index contributed by atoms with van der Waals surface area (Å²) in [4.78, 5) is 14.0. The Kier molecular flexibility index (Phi) is 7.20. The summed E-state index contributed by atoms with van der Waals surface area (Å²) < 4.78 is 0. The molecule has 3 N–H and O–H groups in total. The lowest BCUT2D eigenvalue weighted by Crippen LogP contribution is -2.35. The van der Waals surface area contributed by atoms with Crippen LogP contribution in [0.5, 0.6) is 0 Å². The number of carbonyl (C=O) groups excluding carboxylic acids is 1. The number of unbranched alkanes of at least 4 members (excludes halogenated alkanes) is 1. The number of nitrogens with one attached hydrogen (secondary N) is 2. The second kappa shape index (κ2) is 9.40. The van der Waals surface area contributed by atoms with Crippen molar-refractivity contribution >= 4 is 11.7 Å². The molecule has 1 aliphatic heterocycles. The number of anilines is 1. The van der Waals surface area contributed by atoms with Gasteiger partial charge in [-0.15, -0.1) is 0 Å². The van der Waals surface area contributed by atoms with Gasteiger partial charge < -0.3 is 20.6 Å². The number of rotatable bonds is 7. The number of hydrogen-bond acceptors (Lipinski definition) is 3. The third-order valence-electron chi connectivity index (χ3n) is 4.44. The second-order valence-electron chi connectivity index (χ2n) is 6.24. The van der Waals surface area contributed by atoms with Crippen LogP contribution in [0, 0.1) is 5.92 Å². The lowest BCUT2D eigenvalue weighted by Gasteiger charge is -2.33. The maximum absolute atomic E-state index is 11.6. The fourth-order valence-electron chi connectivity index (χ4n) is 2.82. The maximum Gasteiger partial charge on any atom is 0.315 e. The third kappa shape index (κ3) is 5.75. The summed E-state index contributed by atoms with van der Waals surface area (Å²) in [6, 6.07) is 8.27. The fraction of sp³-hybridized carbons (Fsp3) is 0.611. The molecule has 2 rings (SSSR count). The van der Waals surface area contributed by atoms with Crippen molar-refractivity contribution in [2.75, 3.05) is 31.1 Å². The van der Waals surface area contributed by atoms with Crippen LogP contribution in [-0.2, 0) is 6.54 Å². The summed E-state index contributed by atoms with van der Waals surface area (Å²) in [6.07, 6.45) is 4.20. The highest BCUT2D eigenvalue weighted by molar-refractivity contribution is 5.73. The molecule has 0 spiro atoms. The van der Waals surface area contributed by atoms with Crippen LogP contribution in [0.25, 0.3) is 0 Å². The van der Waals surface area contributed by atoms with Gasteiger partial charge in [-0.3, -0.25) is 0 Å². The van der Waals surface area contributed by atoms with E-state index in [1.165, 1.54) is 5.69 Å². The van der Waals surface area contributed by atoms with E-state index in [0.29, 0.717) is 19.1 Å². The first-order valence-corrected chi connectivity index (χ1v) is 8.69. The Morgan fingerprint density at radius 3 is 2.52 bits per heavy atom. The number of nitrogens with zero attached hydrogens (tertiary/aromatic N) is 1. The monoisotopic (exact) mass is 319 g/mol. The first-order valence-electron chi connectivity index (χ1n) is 8.69. The average Bonchev–Trinajstić information content (AvgIpc) is 2.61. The largest absolute Gasteiger partial charge is 0.396 e. The Morgan fingerprint density at radius 1 is 1.22 bits per heavy atom. The van der Waals surface area contributed by atoms with Gasteiger partial charge in [0.05, 0.1) is 0 Å². The van der Waals surface area contributed by atoms with Crippen LogP contribution in [0.4, 0.5) is 10.5 Å². The molecule has 0 aliphatic carbocycles. The number of piperidine rings is 1. The number of benzene rings is 1. The Hall–Kier alpha value is -1.75. The van der Waals surface area contributed by atoms with Gasteiger partial charge in [-0.25, -0.2) is 4.79 Å². The topological polar surface area (TPSA) is 64.6 Å². The smallest absolute Gasteiger partial charge is 0.315 e. The third-order valence-corrected chi connectivity index (χ3v) is 4.44. The normalized spacial score (nSPS) is 15.5. The van der Waals surface area contributed by atoms with Crippen LogP contribution in [0.1, 0.15) is 38.2 Å². The zero-order chi connectivity index (χ0) is 16.5. The molecule has 1 aromatic carbocycles. The number of amides is 2. The first kappa shape index (κ1) is 17.6. The molecule has 1 aromatic rings. The van der Waals surface area contributed by atoms with Crippen molar-refractivity contribution in [2.45, 2.75) is 39.2 Å². The van der Waals surface area contributed by atoms with Gasteiger partial charge in [0.25, 0.3) is 0 Å². The summed E-state index contributed by atoms with van der Waals surface area (Å²) in [6.45, 7) is 5.69. The van der Waals surface area contributed by atoms with E-state index in [4.69, 9.17) is 0 Å². The molecule has 128 valence electrons. The molecule has 1 aliphatic rings. The van der Waals surface area contributed by atoms with Crippen LogP contribution in [0.3, 0.4) is 0 Å². The summed E-state index contributed by atoms with van der Waals surface area (Å²) in [7, 11) is 0. The molecule has 0 atom stereocenters. The molecule has 0 bridgehead atoms. The quantitative estimate of drug-likeness (QED) is 0.677. The minimum Gasteiger partial charge on any atom is -0.396 e. The number of hydrogen-bond donors (Lipinski definition) is 3. The Morgan fingerprint density at radius 2 is 1.91 bits per heavy atom. The van der Waals surface area contributed by atoms with Gasteiger partial charge in [0.15, 0.2) is 0 Å². The molecular formula is C18H29N3O2. The standard InChI is InChI=1S/C18H29N3O2/c1-2-3-10-19-18(23)20-13-15-4-6-17(7-5-15)21-11-8-16(14-22)9-12-21/h4-7,16,22H,2-3,8-14H2,1H3,(H2,19,20,23). The van der Waals surface area contributed by atoms with E-state index >= 15 is 0 Å². The first-order chi connectivity index (χ1) is 11.2. The lowest BCUT2D eigenvalue weighted by molar-refractivity contribution is 0.203. The Balaban J connectivity index is 1.75. The highest BCUT2D eigenvalue weighted by Crippen LogP contribution is 2.23. The Labute approximate surface area is 139 Å². The molecule has 1 heterocycles. The van der Waals surface area contributed by atoms with E-state index < -0.39 is 0 Å². The number of aliphatic hydroxyl groups is 1. The highest BCUT2D eigenvalue weighted by atomic mass is 16.3. The molecule has 0 aromatic heterocycles. The SMILES string of the molecule is CCCCNC(=O)NCc1ccc(N2CCC(CO)CC2)cc1. The van der Waals surface area contributed by atoms with Crippen LogP contribution in [-0.4, -0.2) is 37.4 Å². The molecule has 5 heteroatoms. The average molecular weight is 319 g/mol. The molecule has 0 radical (unpaired) electrons. The van der Waals surface area contributed by atoms with Gasteiger partial charge >= 0.3 is 6.03 Å². The van der Waals surface area contributed by atoms with Crippen molar-refractivity contribution in [1.82, 2.24) is 10.6 Å². The molecule has 1 saturated heterocycles. The number of urea groups is 1. The lowest BCUT2D eigenvalue weighted by atomic mass is 9.97. The van der Waals surface area contributed by atoms with E-state index in [2.05, 4.69) is 46.7 Å². The number of carbonyl (C=O) groups is 1. The van der Waals surface area contributed by atoms with Crippen molar-refractivity contribution in [2.24, 2.45) is 5.92 Å². The van der Waals surface area contributed by atoms with Gasteiger partial charge in [-0.2, -0.15) is 0 Å². The molecular weight excluding hydrogens is 290 g/mol. The molecule has 23 heavy (non-hydrogen) atoms. The molecule has 2 amide bonds. The molecule has 0 saturated carbocycles. The van der Waals surface area contributed by atoms with Gasteiger partial charge in [-0.05, 0) is 42.9 Å². The van der Waals surface area contributed by atoms with Crippen molar-refractivity contribution in [1.29, 1.82) is 0 Å². The summed E-state index contributed by atoms with van der Waals surface area (Å²) in [5.74, 6) is 0.459. The predicted molar refractivity (Wildman–Crippen MR) is 93.6 cm³/mol. The van der Waals surface area contributed by atoms with Crippen LogP contribution in [0.15, 0.2) is 24.3 Å². The van der Waals surface area contributed by atoms with E-state index in [-0.39, 0.29) is 6.03 Å². The van der Waals surface area contributed by atoms with Crippen LogP contribution < -0.4 is 15.5 Å². The predicted octanol–water partition coefficient (Wildman–Crippen LogP) is 2.49. The van der Waals surface area contributed by atoms with Crippen LogP contribution in [0.2, 0.25) is 0 Å². The number of aliphatic hydroxyl groups excluding tert-OH is 1. The summed E-state index contributed by atoms with van der Waals surface area (Å²) >= 11 is 0. The molecule has 1 fully saturated rings. The zero-order valence-corrected chi connectivity index (χ0v) is 14.1. The van der Waals surface area contributed by atoms with Crippen molar-refractivity contribution in [3.8, 4) is 0 Å². The minimum atomic E-state index is -0.103. The van der Waals surface area contributed by atoms with Gasteiger partial charge in [0, 0.05) is 38.5 Å². The van der Waals surface area contributed by atoms with Gasteiger partial charge in [0.2, 0.25) is 0 Å². The maximum atomic E-state index is 11.6. The van der Waals surface area contributed by atoms with Gasteiger partial charge in [0.1, 0.15) is 0 Å².